The van der Waals surface area contributed by atoms with Gasteiger partial charge in [0.25, 0.3) is 0 Å². The van der Waals surface area contributed by atoms with Crippen LogP contribution in [0.25, 0.3) is 0 Å². The molecule has 100 valence electrons. The molecule has 1 aliphatic rings. The highest BCUT2D eigenvalue weighted by molar-refractivity contribution is 5.71. The third-order valence-electron chi connectivity index (χ3n) is 3.67. The van der Waals surface area contributed by atoms with Crippen LogP contribution in [0.3, 0.4) is 0 Å². The quantitative estimate of drug-likeness (QED) is 0.752. The van der Waals surface area contributed by atoms with Gasteiger partial charge in [-0.2, -0.15) is 0 Å². The van der Waals surface area contributed by atoms with E-state index < -0.39 is 0 Å². The van der Waals surface area contributed by atoms with E-state index in [4.69, 9.17) is 4.74 Å². The van der Waals surface area contributed by atoms with Gasteiger partial charge in [0, 0.05) is 0 Å². The summed E-state index contributed by atoms with van der Waals surface area (Å²) >= 11 is 0. The Morgan fingerprint density at radius 2 is 2.00 bits per heavy atom. The molecule has 0 aromatic heterocycles. The fraction of sp³-hybridized carbons (Fsp3) is 0.929. The molecule has 17 heavy (non-hydrogen) atoms. The highest BCUT2D eigenvalue weighted by atomic mass is 16.5. The standard InChI is InChI=1S/C14H27NO2/c1-10(2)8-15-9-14(16)17-13-6-5-11(3)12(4)7-13/h10-13,15H,5-9H2,1-4H3. The molecule has 3 heteroatoms. The second-order valence-electron chi connectivity index (χ2n) is 5.90. The second-order valence-corrected chi connectivity index (χ2v) is 5.90. The predicted molar refractivity (Wildman–Crippen MR) is 69.8 cm³/mol. The molecule has 0 radical (unpaired) electrons. The van der Waals surface area contributed by atoms with E-state index >= 15 is 0 Å². The zero-order chi connectivity index (χ0) is 12.8. The van der Waals surface area contributed by atoms with Crippen molar-refractivity contribution >= 4 is 5.97 Å². The Morgan fingerprint density at radius 3 is 2.59 bits per heavy atom. The lowest BCUT2D eigenvalue weighted by molar-refractivity contribution is -0.150. The van der Waals surface area contributed by atoms with Crippen molar-refractivity contribution in [2.45, 2.75) is 53.1 Å². The van der Waals surface area contributed by atoms with Crippen LogP contribution in [0.2, 0.25) is 0 Å². The zero-order valence-electron chi connectivity index (χ0n) is 11.7. The summed E-state index contributed by atoms with van der Waals surface area (Å²) in [7, 11) is 0. The minimum Gasteiger partial charge on any atom is -0.461 e. The number of hydrogen-bond acceptors (Lipinski definition) is 3. The van der Waals surface area contributed by atoms with Crippen LogP contribution in [0.15, 0.2) is 0 Å². The van der Waals surface area contributed by atoms with Crippen LogP contribution in [0.5, 0.6) is 0 Å². The molecule has 0 saturated heterocycles. The predicted octanol–water partition coefficient (Wildman–Crippen LogP) is 2.60. The van der Waals surface area contributed by atoms with Gasteiger partial charge >= 0.3 is 5.97 Å². The van der Waals surface area contributed by atoms with Crippen LogP contribution in [0.1, 0.15) is 47.0 Å². The number of rotatable bonds is 5. The van der Waals surface area contributed by atoms with Crippen LogP contribution in [-0.4, -0.2) is 25.2 Å². The molecule has 1 N–H and O–H groups in total. The van der Waals surface area contributed by atoms with Gasteiger partial charge in [0.1, 0.15) is 6.10 Å². The third-order valence-corrected chi connectivity index (χ3v) is 3.67. The fourth-order valence-electron chi connectivity index (χ4n) is 2.30. The van der Waals surface area contributed by atoms with Crippen molar-refractivity contribution in [2.24, 2.45) is 17.8 Å². The van der Waals surface area contributed by atoms with E-state index in [2.05, 4.69) is 33.0 Å². The Labute approximate surface area is 105 Å². The maximum atomic E-state index is 11.6. The summed E-state index contributed by atoms with van der Waals surface area (Å²) in [5, 5.41) is 3.12. The Bertz CT molecular complexity index is 240. The molecule has 0 bridgehead atoms. The summed E-state index contributed by atoms with van der Waals surface area (Å²) in [5.41, 5.74) is 0. The van der Waals surface area contributed by atoms with E-state index in [-0.39, 0.29) is 12.1 Å². The van der Waals surface area contributed by atoms with Crippen LogP contribution < -0.4 is 5.32 Å². The summed E-state index contributed by atoms with van der Waals surface area (Å²) in [6, 6.07) is 0. The van der Waals surface area contributed by atoms with Gasteiger partial charge in [-0.1, -0.05) is 27.7 Å². The van der Waals surface area contributed by atoms with Gasteiger partial charge in [0.15, 0.2) is 0 Å². The number of carbonyl (C=O) groups excluding carboxylic acids is 1. The molecular weight excluding hydrogens is 214 g/mol. The molecule has 0 amide bonds. The van der Waals surface area contributed by atoms with Crippen LogP contribution in [0, 0.1) is 17.8 Å². The normalized spacial score (nSPS) is 29.4. The summed E-state index contributed by atoms with van der Waals surface area (Å²) in [5.74, 6) is 1.91. The molecule has 1 rings (SSSR count). The highest BCUT2D eigenvalue weighted by Crippen LogP contribution is 2.30. The molecule has 3 unspecified atom stereocenters. The van der Waals surface area contributed by atoms with Gasteiger partial charge in [0.05, 0.1) is 6.54 Å². The highest BCUT2D eigenvalue weighted by Gasteiger charge is 2.26. The van der Waals surface area contributed by atoms with Crippen molar-refractivity contribution in [3.05, 3.63) is 0 Å². The Balaban J connectivity index is 2.18. The monoisotopic (exact) mass is 241 g/mol. The van der Waals surface area contributed by atoms with Gasteiger partial charge in [-0.15, -0.1) is 0 Å². The summed E-state index contributed by atoms with van der Waals surface area (Å²) < 4.78 is 5.49. The smallest absolute Gasteiger partial charge is 0.320 e. The van der Waals surface area contributed by atoms with E-state index in [9.17, 15) is 4.79 Å². The number of ether oxygens (including phenoxy) is 1. The molecule has 0 aromatic carbocycles. The average Bonchev–Trinajstić information content (AvgIpc) is 2.23. The third kappa shape index (κ3) is 5.53. The van der Waals surface area contributed by atoms with Gasteiger partial charge < -0.3 is 10.1 Å². The number of esters is 1. The van der Waals surface area contributed by atoms with E-state index in [1.165, 1.54) is 6.42 Å². The first kappa shape index (κ1) is 14.5. The van der Waals surface area contributed by atoms with Crippen molar-refractivity contribution < 1.29 is 9.53 Å². The van der Waals surface area contributed by atoms with Gasteiger partial charge in [-0.25, -0.2) is 0 Å². The number of nitrogens with one attached hydrogen (secondary N) is 1. The van der Waals surface area contributed by atoms with Crippen molar-refractivity contribution in [1.29, 1.82) is 0 Å². The summed E-state index contributed by atoms with van der Waals surface area (Å²) in [6.45, 7) is 10.0. The second kappa shape index (κ2) is 7.00. The molecule has 1 saturated carbocycles. The van der Waals surface area contributed by atoms with E-state index in [1.807, 2.05) is 0 Å². The van der Waals surface area contributed by atoms with E-state index in [0.717, 1.165) is 25.3 Å². The molecule has 0 spiro atoms. The summed E-state index contributed by atoms with van der Waals surface area (Å²) in [4.78, 5) is 11.6. The fourth-order valence-corrected chi connectivity index (χ4v) is 2.30. The van der Waals surface area contributed by atoms with Crippen LogP contribution >= 0.6 is 0 Å². The molecule has 3 atom stereocenters. The van der Waals surface area contributed by atoms with Crippen molar-refractivity contribution in [3.8, 4) is 0 Å². The van der Waals surface area contributed by atoms with Crippen molar-refractivity contribution in [1.82, 2.24) is 5.32 Å². The maximum absolute atomic E-state index is 11.6. The van der Waals surface area contributed by atoms with Crippen LogP contribution in [-0.2, 0) is 9.53 Å². The number of hydrogen-bond donors (Lipinski definition) is 1. The lowest BCUT2D eigenvalue weighted by atomic mass is 9.80. The summed E-state index contributed by atoms with van der Waals surface area (Å²) in [6.07, 6.45) is 3.38. The SMILES string of the molecule is CC(C)CNCC(=O)OC1CCC(C)C(C)C1. The molecule has 1 fully saturated rings. The average molecular weight is 241 g/mol. The molecular formula is C14H27NO2. The van der Waals surface area contributed by atoms with Gasteiger partial charge in [0.2, 0.25) is 0 Å². The van der Waals surface area contributed by atoms with E-state index in [0.29, 0.717) is 18.4 Å². The number of carbonyl (C=O) groups is 1. The maximum Gasteiger partial charge on any atom is 0.320 e. The van der Waals surface area contributed by atoms with Crippen molar-refractivity contribution in [2.75, 3.05) is 13.1 Å². The molecule has 0 heterocycles. The van der Waals surface area contributed by atoms with Crippen LogP contribution in [0.4, 0.5) is 0 Å². The molecule has 1 aliphatic carbocycles. The molecule has 0 aliphatic heterocycles. The van der Waals surface area contributed by atoms with Gasteiger partial charge in [-0.05, 0) is 43.6 Å². The first-order chi connectivity index (χ1) is 7.99. The van der Waals surface area contributed by atoms with Crippen molar-refractivity contribution in [3.63, 3.8) is 0 Å². The minimum atomic E-state index is -0.0996. The lowest BCUT2D eigenvalue weighted by Crippen LogP contribution is -2.33. The van der Waals surface area contributed by atoms with Gasteiger partial charge in [-0.3, -0.25) is 4.79 Å². The first-order valence-electron chi connectivity index (χ1n) is 6.89. The molecule has 0 aromatic rings. The Hall–Kier alpha value is -0.570. The van der Waals surface area contributed by atoms with E-state index in [1.54, 1.807) is 0 Å². The lowest BCUT2D eigenvalue weighted by Gasteiger charge is -2.31. The first-order valence-corrected chi connectivity index (χ1v) is 6.89. The minimum absolute atomic E-state index is 0.0996. The largest absolute Gasteiger partial charge is 0.461 e. The molecule has 3 nitrogen and oxygen atoms in total. The Kier molecular flexibility index (Phi) is 5.96. The Morgan fingerprint density at radius 1 is 1.29 bits per heavy atom. The zero-order valence-corrected chi connectivity index (χ0v) is 11.7. The topological polar surface area (TPSA) is 38.3 Å².